The molecule has 0 bridgehead atoms. The fourth-order valence-electron chi connectivity index (χ4n) is 1.49. The van der Waals surface area contributed by atoms with Crippen LogP contribution < -0.4 is 14.6 Å². The zero-order chi connectivity index (χ0) is 14.4. The molecule has 0 aromatic heterocycles. The molecule has 2 rings (SSSR count). The first-order valence-corrected chi connectivity index (χ1v) is 6.83. The molecule has 0 aliphatic rings. The van der Waals surface area contributed by atoms with Crippen molar-refractivity contribution in [2.45, 2.75) is 0 Å². The van der Waals surface area contributed by atoms with Gasteiger partial charge in [0.05, 0.1) is 5.69 Å². The summed E-state index contributed by atoms with van der Waals surface area (Å²) in [7, 11) is -3.12. The molecule has 0 aliphatic carbocycles. The van der Waals surface area contributed by atoms with E-state index in [9.17, 15) is 13.2 Å². The zero-order valence-corrected chi connectivity index (χ0v) is 11.2. The monoisotopic (exact) mass is 292 g/mol. The van der Waals surface area contributed by atoms with Gasteiger partial charge in [-0.25, -0.2) is 13.2 Å². The first-order valence-electron chi connectivity index (χ1n) is 5.70. The van der Waals surface area contributed by atoms with Crippen molar-refractivity contribution < 1.29 is 18.0 Å². The molecule has 0 unspecified atom stereocenters. The SMILES string of the molecule is O=C(NOc1ccccc1)N(c1ccccc1)[SH](=O)=O. The first-order chi connectivity index (χ1) is 9.68. The predicted molar refractivity (Wildman–Crippen MR) is 74.8 cm³/mol. The van der Waals surface area contributed by atoms with E-state index in [0.29, 0.717) is 10.1 Å². The maximum Gasteiger partial charge on any atom is 0.368 e. The number of anilines is 1. The van der Waals surface area contributed by atoms with Gasteiger partial charge in [0.2, 0.25) is 10.9 Å². The highest BCUT2D eigenvalue weighted by Crippen LogP contribution is 2.14. The molecule has 0 aliphatic heterocycles. The van der Waals surface area contributed by atoms with Crippen LogP contribution in [0.15, 0.2) is 60.7 Å². The quantitative estimate of drug-likeness (QED) is 0.664. The van der Waals surface area contributed by atoms with Gasteiger partial charge in [0.15, 0.2) is 5.75 Å². The molecular formula is C13H12N2O4S. The van der Waals surface area contributed by atoms with Crippen LogP contribution in [0.5, 0.6) is 5.75 Å². The lowest BCUT2D eigenvalue weighted by Crippen LogP contribution is -2.40. The van der Waals surface area contributed by atoms with Crippen LogP contribution in [0.2, 0.25) is 0 Å². The van der Waals surface area contributed by atoms with Crippen LogP contribution in [-0.4, -0.2) is 14.4 Å². The Hall–Kier alpha value is -2.54. The molecule has 2 aromatic rings. The van der Waals surface area contributed by atoms with Crippen LogP contribution >= 0.6 is 0 Å². The number of hydrogen-bond acceptors (Lipinski definition) is 4. The minimum atomic E-state index is -3.12. The number of hydroxylamine groups is 1. The smallest absolute Gasteiger partial charge is 0.368 e. The number of nitrogens with zero attached hydrogens (tertiary/aromatic N) is 1. The highest BCUT2D eigenvalue weighted by Gasteiger charge is 2.18. The molecule has 6 nitrogen and oxygen atoms in total. The van der Waals surface area contributed by atoms with Gasteiger partial charge < -0.3 is 4.84 Å². The number of hydrogen-bond donors (Lipinski definition) is 2. The lowest BCUT2D eigenvalue weighted by atomic mass is 10.3. The molecule has 0 heterocycles. The molecule has 0 atom stereocenters. The summed E-state index contributed by atoms with van der Waals surface area (Å²) in [6.07, 6.45) is 0. The lowest BCUT2D eigenvalue weighted by Gasteiger charge is -2.16. The Morgan fingerprint density at radius 2 is 1.50 bits per heavy atom. The van der Waals surface area contributed by atoms with Crippen molar-refractivity contribution >= 4 is 22.6 Å². The van der Waals surface area contributed by atoms with Crippen molar-refractivity contribution in [3.8, 4) is 5.75 Å². The van der Waals surface area contributed by atoms with Crippen LogP contribution in [0, 0.1) is 0 Å². The Labute approximate surface area is 117 Å². The van der Waals surface area contributed by atoms with Crippen LogP contribution in [0.1, 0.15) is 0 Å². The van der Waals surface area contributed by atoms with E-state index in [1.165, 1.54) is 12.1 Å². The second kappa shape index (κ2) is 6.58. The molecular weight excluding hydrogens is 280 g/mol. The molecule has 0 radical (unpaired) electrons. The van der Waals surface area contributed by atoms with Gasteiger partial charge in [-0.3, -0.25) is 0 Å². The van der Waals surface area contributed by atoms with Crippen LogP contribution in [0.4, 0.5) is 10.5 Å². The average Bonchev–Trinajstić information content (AvgIpc) is 2.47. The summed E-state index contributed by atoms with van der Waals surface area (Å²) in [5.74, 6) is 0.398. The number of carbonyl (C=O) groups excluding carboxylic acids is 1. The third-order valence-corrected chi connectivity index (χ3v) is 3.10. The summed E-state index contributed by atoms with van der Waals surface area (Å²) >= 11 is 0. The minimum absolute atomic E-state index is 0.234. The predicted octanol–water partition coefficient (Wildman–Crippen LogP) is 1.72. The van der Waals surface area contributed by atoms with Crippen molar-refractivity contribution in [2.24, 2.45) is 0 Å². The van der Waals surface area contributed by atoms with Gasteiger partial charge in [-0.1, -0.05) is 36.4 Å². The van der Waals surface area contributed by atoms with Gasteiger partial charge in [-0.15, -0.1) is 0 Å². The van der Waals surface area contributed by atoms with Gasteiger partial charge >= 0.3 is 6.03 Å². The summed E-state index contributed by atoms with van der Waals surface area (Å²) in [5, 5.41) is 0. The second-order valence-corrected chi connectivity index (χ2v) is 4.58. The Bertz CT molecular complexity index is 636. The summed E-state index contributed by atoms with van der Waals surface area (Å²) in [6, 6.07) is 15.6. The van der Waals surface area contributed by atoms with E-state index >= 15 is 0 Å². The molecule has 1 N–H and O–H groups in total. The molecule has 0 saturated carbocycles. The number of para-hydroxylation sites is 2. The summed E-state index contributed by atoms with van der Waals surface area (Å²) in [5.41, 5.74) is 2.32. The van der Waals surface area contributed by atoms with E-state index < -0.39 is 16.9 Å². The van der Waals surface area contributed by atoms with Gasteiger partial charge in [-0.05, 0) is 24.3 Å². The number of thiol groups is 1. The van der Waals surface area contributed by atoms with Crippen molar-refractivity contribution in [1.82, 2.24) is 5.48 Å². The molecule has 20 heavy (non-hydrogen) atoms. The van der Waals surface area contributed by atoms with E-state index in [0.717, 1.165) is 0 Å². The van der Waals surface area contributed by atoms with Crippen molar-refractivity contribution in [1.29, 1.82) is 0 Å². The number of carbonyl (C=O) groups is 1. The zero-order valence-electron chi connectivity index (χ0n) is 10.3. The Morgan fingerprint density at radius 1 is 0.950 bits per heavy atom. The third-order valence-electron chi connectivity index (χ3n) is 2.36. The van der Waals surface area contributed by atoms with Gasteiger partial charge in [0.1, 0.15) is 0 Å². The van der Waals surface area contributed by atoms with Crippen LogP contribution in [0.3, 0.4) is 0 Å². The van der Waals surface area contributed by atoms with Crippen molar-refractivity contribution in [2.75, 3.05) is 4.31 Å². The molecule has 104 valence electrons. The molecule has 2 aromatic carbocycles. The summed E-state index contributed by atoms with van der Waals surface area (Å²) in [6.45, 7) is 0. The maximum absolute atomic E-state index is 11.9. The highest BCUT2D eigenvalue weighted by molar-refractivity contribution is 7.75. The van der Waals surface area contributed by atoms with E-state index in [-0.39, 0.29) is 5.69 Å². The number of rotatable bonds is 4. The molecule has 7 heteroatoms. The number of amides is 2. The van der Waals surface area contributed by atoms with Gasteiger partial charge in [-0.2, -0.15) is 9.79 Å². The largest absolute Gasteiger partial charge is 0.378 e. The topological polar surface area (TPSA) is 75.7 Å². The number of benzene rings is 2. The highest BCUT2D eigenvalue weighted by atomic mass is 32.2. The van der Waals surface area contributed by atoms with Crippen molar-refractivity contribution in [3.63, 3.8) is 0 Å². The summed E-state index contributed by atoms with van der Waals surface area (Å²) < 4.78 is 23.0. The number of urea groups is 1. The van der Waals surface area contributed by atoms with Crippen LogP contribution in [0.25, 0.3) is 0 Å². The molecule has 2 amide bonds. The number of nitrogens with one attached hydrogen (secondary N) is 1. The minimum Gasteiger partial charge on any atom is -0.378 e. The fraction of sp³-hybridized carbons (Fsp3) is 0. The van der Waals surface area contributed by atoms with Crippen LogP contribution in [-0.2, 0) is 10.9 Å². The molecule has 0 fully saturated rings. The first kappa shape index (κ1) is 13.9. The second-order valence-electron chi connectivity index (χ2n) is 3.71. The van der Waals surface area contributed by atoms with E-state index in [1.807, 2.05) is 0 Å². The Balaban J connectivity index is 2.09. The van der Waals surface area contributed by atoms with E-state index in [1.54, 1.807) is 48.5 Å². The Kier molecular flexibility index (Phi) is 4.56. The van der Waals surface area contributed by atoms with E-state index in [4.69, 9.17) is 4.84 Å². The van der Waals surface area contributed by atoms with Gasteiger partial charge in [0, 0.05) is 0 Å². The third kappa shape index (κ3) is 3.48. The fourth-order valence-corrected chi connectivity index (χ4v) is 2.00. The summed E-state index contributed by atoms with van der Waals surface area (Å²) in [4.78, 5) is 16.9. The lowest BCUT2D eigenvalue weighted by molar-refractivity contribution is 0.186. The Morgan fingerprint density at radius 3 is 2.05 bits per heavy atom. The maximum atomic E-state index is 11.9. The van der Waals surface area contributed by atoms with Gasteiger partial charge in [0.25, 0.3) is 0 Å². The van der Waals surface area contributed by atoms with E-state index in [2.05, 4.69) is 5.48 Å². The average molecular weight is 292 g/mol. The molecule has 0 saturated heterocycles. The standard InChI is InChI=1S/C13H12N2O4S/c16-13(14-19-12-9-5-2-6-10-12)15(20(17)18)11-7-3-1-4-8-11/h1-10,20H,(H,14,16). The van der Waals surface area contributed by atoms with Crippen molar-refractivity contribution in [3.05, 3.63) is 60.7 Å². The molecule has 0 spiro atoms. The normalized spacial score (nSPS) is 10.1.